The van der Waals surface area contributed by atoms with Gasteiger partial charge in [-0.05, 0) is 69.6 Å². The molecular weight excluding hydrogens is 442 g/mol. The molecule has 3 rings (SSSR count). The van der Waals surface area contributed by atoms with Crippen molar-refractivity contribution in [3.05, 3.63) is 0 Å². The fourth-order valence-corrected chi connectivity index (χ4v) is 5.57. The molecule has 2 N–H and O–H groups in total. The van der Waals surface area contributed by atoms with E-state index in [2.05, 4.69) is 0 Å². The third-order valence-electron chi connectivity index (χ3n) is 7.74. The number of piperidine rings is 1. The van der Waals surface area contributed by atoms with Gasteiger partial charge in [0.2, 0.25) is 5.79 Å². The molecule has 4 unspecified atom stereocenters. The number of hydrogen-bond donors (Lipinski definition) is 2. The van der Waals surface area contributed by atoms with Crippen LogP contribution in [-0.4, -0.2) is 83.7 Å². The molecule has 0 aromatic heterocycles. The van der Waals surface area contributed by atoms with Crippen LogP contribution in [0.25, 0.3) is 0 Å². The summed E-state index contributed by atoms with van der Waals surface area (Å²) in [4.78, 5) is 40.1. The van der Waals surface area contributed by atoms with Gasteiger partial charge in [-0.25, -0.2) is 4.79 Å². The summed E-state index contributed by atoms with van der Waals surface area (Å²) in [5, 5.41) is 20.7. The quantitative estimate of drug-likeness (QED) is 0.396. The molecule has 3 aliphatic rings. The number of Topliss-reactive ketones (excluding diaryl/α,β-unsaturated/α-hetero) is 1. The van der Waals surface area contributed by atoms with Crippen molar-refractivity contribution in [2.24, 2.45) is 17.8 Å². The second kappa shape index (κ2) is 11.9. The summed E-state index contributed by atoms with van der Waals surface area (Å²) in [6, 6.07) is -0.831. The summed E-state index contributed by atoms with van der Waals surface area (Å²) >= 11 is 0. The minimum Gasteiger partial charge on any atom is -0.464 e. The lowest BCUT2D eigenvalue weighted by Gasteiger charge is -2.39. The van der Waals surface area contributed by atoms with Gasteiger partial charge in [0.1, 0.15) is 6.04 Å². The minimum absolute atomic E-state index is 0.119. The van der Waals surface area contributed by atoms with Crippen LogP contribution >= 0.6 is 0 Å². The summed E-state index contributed by atoms with van der Waals surface area (Å²) in [5.74, 6) is -4.50. The highest BCUT2D eigenvalue weighted by Gasteiger charge is 2.50. The molecule has 2 aliphatic heterocycles. The summed E-state index contributed by atoms with van der Waals surface area (Å²) in [5.41, 5.74) is 0. The van der Waals surface area contributed by atoms with Gasteiger partial charge in [-0.2, -0.15) is 0 Å². The molecule has 0 bridgehead atoms. The van der Waals surface area contributed by atoms with E-state index in [-0.39, 0.29) is 31.8 Å². The van der Waals surface area contributed by atoms with Crippen LogP contribution in [0.2, 0.25) is 0 Å². The molecule has 0 spiro atoms. The summed E-state index contributed by atoms with van der Waals surface area (Å²) < 4.78 is 16.3. The van der Waals surface area contributed by atoms with E-state index >= 15 is 0 Å². The predicted octanol–water partition coefficient (Wildman–Crippen LogP) is 1.82. The molecule has 9 heteroatoms. The van der Waals surface area contributed by atoms with E-state index < -0.39 is 41.5 Å². The fourth-order valence-electron chi connectivity index (χ4n) is 5.57. The molecule has 3 fully saturated rings. The van der Waals surface area contributed by atoms with E-state index in [0.29, 0.717) is 31.6 Å². The maximum atomic E-state index is 13.0. The van der Waals surface area contributed by atoms with Gasteiger partial charge in [0, 0.05) is 19.6 Å². The molecule has 2 saturated heterocycles. The van der Waals surface area contributed by atoms with Crippen LogP contribution < -0.4 is 0 Å². The number of amides is 1. The zero-order chi connectivity index (χ0) is 24.9. The summed E-state index contributed by atoms with van der Waals surface area (Å²) in [7, 11) is 1.61. The number of ketones is 1. The Morgan fingerprint density at radius 3 is 2.62 bits per heavy atom. The molecule has 0 aromatic carbocycles. The molecule has 0 aromatic rings. The van der Waals surface area contributed by atoms with Crippen molar-refractivity contribution in [3.63, 3.8) is 0 Å². The van der Waals surface area contributed by atoms with Crippen LogP contribution in [0.3, 0.4) is 0 Å². The number of aliphatic hydroxyl groups excluding tert-OH is 1. The second-order valence-corrected chi connectivity index (χ2v) is 10.4. The smallest absolute Gasteiger partial charge is 0.328 e. The number of aliphatic hydroxyl groups is 2. The first kappa shape index (κ1) is 27.0. The Kier molecular flexibility index (Phi) is 9.49. The summed E-state index contributed by atoms with van der Waals surface area (Å²) in [6.07, 6.45) is 5.85. The average molecular weight is 484 g/mol. The molecule has 1 saturated carbocycles. The average Bonchev–Trinajstić information content (AvgIpc) is 2.84. The monoisotopic (exact) mass is 483 g/mol. The highest BCUT2D eigenvalue weighted by atomic mass is 16.6. The number of nitrogens with zero attached hydrogens (tertiary/aromatic N) is 1. The Morgan fingerprint density at radius 1 is 1.15 bits per heavy atom. The van der Waals surface area contributed by atoms with E-state index in [1.54, 1.807) is 14.0 Å². The molecule has 7 atom stereocenters. The van der Waals surface area contributed by atoms with Gasteiger partial charge in [0.05, 0.1) is 25.4 Å². The van der Waals surface area contributed by atoms with Gasteiger partial charge >= 0.3 is 5.97 Å². The lowest BCUT2D eigenvalue weighted by Crippen LogP contribution is -2.59. The zero-order valence-corrected chi connectivity index (χ0v) is 20.7. The summed E-state index contributed by atoms with van der Waals surface area (Å²) in [6.45, 7) is 4.42. The third kappa shape index (κ3) is 6.17. The fraction of sp³-hybridized carbons (Fsp3) is 0.880. The first-order valence-electron chi connectivity index (χ1n) is 12.8. The van der Waals surface area contributed by atoms with Crippen molar-refractivity contribution in [1.82, 2.24) is 4.90 Å². The number of methoxy groups -OCH3 is 1. The van der Waals surface area contributed by atoms with Crippen LogP contribution in [0.5, 0.6) is 0 Å². The first-order valence-corrected chi connectivity index (χ1v) is 12.8. The van der Waals surface area contributed by atoms with E-state index in [1.807, 2.05) is 6.92 Å². The van der Waals surface area contributed by atoms with Crippen molar-refractivity contribution in [3.8, 4) is 0 Å². The van der Waals surface area contributed by atoms with Crippen molar-refractivity contribution < 1.29 is 38.8 Å². The Bertz CT molecular complexity index is 730. The normalized spacial score (nSPS) is 35.4. The van der Waals surface area contributed by atoms with Gasteiger partial charge in [0.25, 0.3) is 11.7 Å². The topological polar surface area (TPSA) is 123 Å². The lowest BCUT2D eigenvalue weighted by atomic mass is 9.80. The van der Waals surface area contributed by atoms with Crippen LogP contribution in [-0.2, 0) is 28.6 Å². The number of likely N-dealkylation sites (tertiary alicyclic amines) is 1. The minimum atomic E-state index is -2.14. The van der Waals surface area contributed by atoms with Crippen molar-refractivity contribution in [2.75, 3.05) is 26.9 Å². The maximum absolute atomic E-state index is 13.0. The predicted molar refractivity (Wildman–Crippen MR) is 123 cm³/mol. The largest absolute Gasteiger partial charge is 0.464 e. The standard InChI is InChI=1S/C25H41NO8/c1-16(13-18-9-10-20(27)21(14-18)32-3)15-33-24(30)19-8-4-5-11-26(19)23(29)22(28)25(31)17(2)7-6-12-34-25/h16-21,27,31H,4-15H2,1-3H3/t16-,17?,18+,19?,20?,21-,25?/m1/s1. The molecule has 1 amide bonds. The van der Waals surface area contributed by atoms with E-state index in [9.17, 15) is 24.6 Å². The van der Waals surface area contributed by atoms with Gasteiger partial charge in [0.15, 0.2) is 0 Å². The SMILES string of the molecule is CO[C@@H]1C[C@H](C[C@@H](C)COC(=O)C2CCCCN2C(=O)C(=O)C2(O)OCCCC2C)CCC1O. The van der Waals surface area contributed by atoms with Crippen molar-refractivity contribution in [1.29, 1.82) is 0 Å². The molecular formula is C25H41NO8. The molecule has 194 valence electrons. The van der Waals surface area contributed by atoms with E-state index in [4.69, 9.17) is 14.2 Å². The Balaban J connectivity index is 1.54. The van der Waals surface area contributed by atoms with Gasteiger partial charge in [-0.3, -0.25) is 9.59 Å². The van der Waals surface area contributed by atoms with Crippen LogP contribution in [0.4, 0.5) is 0 Å². The zero-order valence-electron chi connectivity index (χ0n) is 20.7. The number of esters is 1. The molecule has 2 heterocycles. The molecule has 0 radical (unpaired) electrons. The van der Waals surface area contributed by atoms with Crippen molar-refractivity contribution in [2.45, 2.75) is 95.7 Å². The molecule has 9 nitrogen and oxygen atoms in total. The van der Waals surface area contributed by atoms with Crippen LogP contribution in [0.1, 0.15) is 71.6 Å². The number of ether oxygens (including phenoxy) is 3. The van der Waals surface area contributed by atoms with Gasteiger partial charge in [-0.1, -0.05) is 13.8 Å². The molecule has 1 aliphatic carbocycles. The Labute approximate surface area is 202 Å². The lowest BCUT2D eigenvalue weighted by molar-refractivity contribution is -0.240. The van der Waals surface area contributed by atoms with E-state index in [1.165, 1.54) is 4.90 Å². The van der Waals surface area contributed by atoms with Crippen LogP contribution in [0, 0.1) is 17.8 Å². The number of hydrogen-bond acceptors (Lipinski definition) is 8. The first-order chi connectivity index (χ1) is 16.2. The van der Waals surface area contributed by atoms with Gasteiger partial charge < -0.3 is 29.3 Å². The number of carbonyl (C=O) groups excluding carboxylic acids is 3. The van der Waals surface area contributed by atoms with Crippen molar-refractivity contribution >= 4 is 17.7 Å². The maximum Gasteiger partial charge on any atom is 0.328 e. The highest BCUT2D eigenvalue weighted by molar-refractivity contribution is 6.39. The van der Waals surface area contributed by atoms with Crippen LogP contribution in [0.15, 0.2) is 0 Å². The second-order valence-electron chi connectivity index (χ2n) is 10.4. The third-order valence-corrected chi connectivity index (χ3v) is 7.74. The van der Waals surface area contributed by atoms with Gasteiger partial charge in [-0.15, -0.1) is 0 Å². The highest BCUT2D eigenvalue weighted by Crippen LogP contribution is 2.32. The van der Waals surface area contributed by atoms with E-state index in [0.717, 1.165) is 32.1 Å². The number of carbonyl (C=O) groups is 3. The Hall–Kier alpha value is -1.55. The Morgan fingerprint density at radius 2 is 1.91 bits per heavy atom. The number of rotatable bonds is 8. The molecule has 34 heavy (non-hydrogen) atoms.